The van der Waals surface area contributed by atoms with Crippen molar-refractivity contribution in [3.8, 4) is 0 Å². The lowest BCUT2D eigenvalue weighted by Crippen LogP contribution is -2.44. The predicted octanol–water partition coefficient (Wildman–Crippen LogP) is 2.16. The Morgan fingerprint density at radius 2 is 2.10 bits per heavy atom. The minimum Gasteiger partial charge on any atom is -0.375 e. The van der Waals surface area contributed by atoms with Crippen molar-refractivity contribution in [1.29, 1.82) is 0 Å². The molecule has 1 aromatic carbocycles. The van der Waals surface area contributed by atoms with Gasteiger partial charge in [0.25, 0.3) is 0 Å². The van der Waals surface area contributed by atoms with Crippen LogP contribution in [-0.2, 0) is 4.79 Å². The molecular formula is C17H27N3O. The van der Waals surface area contributed by atoms with Crippen molar-refractivity contribution >= 4 is 11.6 Å². The van der Waals surface area contributed by atoms with E-state index in [4.69, 9.17) is 0 Å². The van der Waals surface area contributed by atoms with E-state index in [9.17, 15) is 4.79 Å². The van der Waals surface area contributed by atoms with Crippen molar-refractivity contribution in [2.45, 2.75) is 38.1 Å². The molecule has 1 fully saturated rings. The van der Waals surface area contributed by atoms with Gasteiger partial charge in [-0.05, 0) is 37.9 Å². The zero-order chi connectivity index (χ0) is 14.9. The summed E-state index contributed by atoms with van der Waals surface area (Å²) in [6, 6.07) is 10.3. The molecule has 1 unspecified atom stereocenters. The molecule has 2 rings (SSSR count). The van der Waals surface area contributed by atoms with E-state index in [0.717, 1.165) is 38.9 Å². The fraction of sp³-hybridized carbons (Fsp3) is 0.588. The van der Waals surface area contributed by atoms with Gasteiger partial charge in [0.15, 0.2) is 0 Å². The summed E-state index contributed by atoms with van der Waals surface area (Å²) in [5.41, 5.74) is 1.22. The van der Waals surface area contributed by atoms with Crippen LogP contribution in [0.25, 0.3) is 0 Å². The number of rotatable bonds is 6. The average Bonchev–Trinajstić information content (AvgIpc) is 2.81. The summed E-state index contributed by atoms with van der Waals surface area (Å²) < 4.78 is 0. The quantitative estimate of drug-likeness (QED) is 0.789. The van der Waals surface area contributed by atoms with Gasteiger partial charge in [-0.15, -0.1) is 0 Å². The Labute approximate surface area is 127 Å². The van der Waals surface area contributed by atoms with E-state index in [-0.39, 0.29) is 11.9 Å². The van der Waals surface area contributed by atoms with Crippen molar-refractivity contribution in [2.75, 3.05) is 31.6 Å². The molecule has 4 nitrogen and oxygen atoms in total. The van der Waals surface area contributed by atoms with Crippen molar-refractivity contribution in [3.63, 3.8) is 0 Å². The van der Waals surface area contributed by atoms with Crippen LogP contribution in [0.4, 0.5) is 5.69 Å². The minimum atomic E-state index is 0.0133. The van der Waals surface area contributed by atoms with Gasteiger partial charge in [0.05, 0.1) is 6.04 Å². The summed E-state index contributed by atoms with van der Waals surface area (Å²) >= 11 is 0. The first-order valence-electron chi connectivity index (χ1n) is 8.04. The highest BCUT2D eigenvalue weighted by atomic mass is 16.2. The Kier molecular flexibility index (Phi) is 6.54. The zero-order valence-corrected chi connectivity index (χ0v) is 13.0. The Morgan fingerprint density at radius 1 is 1.29 bits per heavy atom. The molecule has 1 aliphatic rings. The van der Waals surface area contributed by atoms with E-state index in [1.165, 1.54) is 18.5 Å². The third kappa shape index (κ3) is 5.38. The van der Waals surface area contributed by atoms with E-state index in [2.05, 4.69) is 34.7 Å². The minimum absolute atomic E-state index is 0.0133. The topological polar surface area (TPSA) is 44.4 Å². The lowest BCUT2D eigenvalue weighted by molar-refractivity contribution is -0.123. The zero-order valence-electron chi connectivity index (χ0n) is 13.0. The van der Waals surface area contributed by atoms with Gasteiger partial charge in [0.2, 0.25) is 5.91 Å². The van der Waals surface area contributed by atoms with Gasteiger partial charge in [0, 0.05) is 25.8 Å². The van der Waals surface area contributed by atoms with Crippen LogP contribution in [0.3, 0.4) is 0 Å². The molecule has 0 aliphatic carbocycles. The molecule has 1 heterocycles. The van der Waals surface area contributed by atoms with E-state index < -0.39 is 0 Å². The lowest BCUT2D eigenvalue weighted by atomic mass is 10.1. The van der Waals surface area contributed by atoms with Gasteiger partial charge >= 0.3 is 0 Å². The molecule has 0 radical (unpaired) electrons. The molecule has 1 atom stereocenters. The van der Waals surface area contributed by atoms with Crippen molar-refractivity contribution in [1.82, 2.24) is 10.6 Å². The largest absolute Gasteiger partial charge is 0.375 e. The van der Waals surface area contributed by atoms with E-state index in [1.54, 1.807) is 0 Å². The summed E-state index contributed by atoms with van der Waals surface area (Å²) in [5, 5.41) is 6.39. The van der Waals surface area contributed by atoms with E-state index in [1.807, 2.05) is 18.2 Å². The standard InChI is InChI=1S/C17H27N3O/c1-20(15-9-4-2-5-10-15)14-8-13-19-17(21)16-11-6-3-7-12-18-16/h2,4-5,9-10,16,18H,3,6-8,11-14H2,1H3,(H,19,21). The van der Waals surface area contributed by atoms with E-state index in [0.29, 0.717) is 0 Å². The highest BCUT2D eigenvalue weighted by Crippen LogP contribution is 2.11. The van der Waals surface area contributed by atoms with E-state index >= 15 is 0 Å². The normalized spacial score (nSPS) is 18.8. The predicted molar refractivity (Wildman–Crippen MR) is 87.6 cm³/mol. The van der Waals surface area contributed by atoms with Crippen molar-refractivity contribution < 1.29 is 4.79 Å². The average molecular weight is 289 g/mol. The number of amides is 1. The third-order valence-electron chi connectivity index (χ3n) is 4.04. The smallest absolute Gasteiger partial charge is 0.237 e. The highest BCUT2D eigenvalue weighted by molar-refractivity contribution is 5.81. The van der Waals surface area contributed by atoms with Gasteiger partial charge in [0.1, 0.15) is 0 Å². The number of carbonyl (C=O) groups is 1. The number of anilines is 1. The maximum atomic E-state index is 12.1. The van der Waals surface area contributed by atoms with Crippen LogP contribution in [0.1, 0.15) is 32.1 Å². The van der Waals surface area contributed by atoms with Gasteiger partial charge < -0.3 is 15.5 Å². The number of nitrogens with one attached hydrogen (secondary N) is 2. The monoisotopic (exact) mass is 289 g/mol. The molecule has 0 saturated carbocycles. The second-order valence-corrected chi connectivity index (χ2v) is 5.76. The molecule has 0 spiro atoms. The van der Waals surface area contributed by atoms with Crippen LogP contribution >= 0.6 is 0 Å². The van der Waals surface area contributed by atoms with Gasteiger partial charge in [-0.3, -0.25) is 4.79 Å². The number of nitrogens with zero attached hydrogens (tertiary/aromatic N) is 1. The van der Waals surface area contributed by atoms with Crippen LogP contribution < -0.4 is 15.5 Å². The highest BCUT2D eigenvalue weighted by Gasteiger charge is 2.18. The van der Waals surface area contributed by atoms with Crippen LogP contribution in [0.2, 0.25) is 0 Å². The number of carbonyl (C=O) groups excluding carboxylic acids is 1. The van der Waals surface area contributed by atoms with Crippen molar-refractivity contribution in [3.05, 3.63) is 30.3 Å². The summed E-state index contributed by atoms with van der Waals surface area (Å²) in [4.78, 5) is 14.3. The molecule has 0 bridgehead atoms. The molecule has 2 N–H and O–H groups in total. The van der Waals surface area contributed by atoms with Gasteiger partial charge in [-0.25, -0.2) is 0 Å². The second kappa shape index (κ2) is 8.67. The maximum Gasteiger partial charge on any atom is 0.237 e. The second-order valence-electron chi connectivity index (χ2n) is 5.76. The van der Waals surface area contributed by atoms with Crippen molar-refractivity contribution in [2.24, 2.45) is 0 Å². The molecular weight excluding hydrogens is 262 g/mol. The van der Waals surface area contributed by atoms with Gasteiger partial charge in [-0.2, -0.15) is 0 Å². The molecule has 21 heavy (non-hydrogen) atoms. The number of hydrogen-bond acceptors (Lipinski definition) is 3. The molecule has 1 amide bonds. The Hall–Kier alpha value is -1.55. The van der Waals surface area contributed by atoms with Gasteiger partial charge in [-0.1, -0.05) is 31.0 Å². The lowest BCUT2D eigenvalue weighted by Gasteiger charge is -2.20. The number of benzene rings is 1. The first kappa shape index (κ1) is 15.8. The summed E-state index contributed by atoms with van der Waals surface area (Å²) in [6.45, 7) is 2.66. The molecule has 1 saturated heterocycles. The fourth-order valence-corrected chi connectivity index (χ4v) is 2.71. The maximum absolute atomic E-state index is 12.1. The fourth-order valence-electron chi connectivity index (χ4n) is 2.71. The Morgan fingerprint density at radius 3 is 2.90 bits per heavy atom. The van der Waals surface area contributed by atoms with Crippen LogP contribution in [0.5, 0.6) is 0 Å². The molecule has 1 aliphatic heterocycles. The first-order chi connectivity index (χ1) is 10.3. The summed E-state index contributed by atoms with van der Waals surface area (Å²) in [7, 11) is 2.09. The SMILES string of the molecule is CN(CCCNC(=O)C1CCCCCN1)c1ccccc1. The van der Waals surface area contributed by atoms with Crippen LogP contribution in [0.15, 0.2) is 30.3 Å². The Balaban J connectivity index is 1.63. The first-order valence-corrected chi connectivity index (χ1v) is 8.04. The number of hydrogen-bond donors (Lipinski definition) is 2. The molecule has 116 valence electrons. The number of para-hydroxylation sites is 1. The Bertz CT molecular complexity index is 413. The molecule has 0 aromatic heterocycles. The molecule has 4 heteroatoms. The van der Waals surface area contributed by atoms with Crippen LogP contribution in [-0.4, -0.2) is 38.6 Å². The summed E-state index contributed by atoms with van der Waals surface area (Å²) in [6.07, 6.45) is 5.51. The third-order valence-corrected chi connectivity index (χ3v) is 4.04. The molecule has 1 aromatic rings. The summed E-state index contributed by atoms with van der Waals surface area (Å²) in [5.74, 6) is 0.166. The van der Waals surface area contributed by atoms with Crippen LogP contribution in [0, 0.1) is 0 Å².